The summed E-state index contributed by atoms with van der Waals surface area (Å²) in [5.41, 5.74) is 5.98. The summed E-state index contributed by atoms with van der Waals surface area (Å²) in [5.74, 6) is 0.708. The average molecular weight is 349 g/mol. The molecular formula is C20H23N5O. The number of aryl methyl sites for hydroxylation is 1. The van der Waals surface area contributed by atoms with E-state index < -0.39 is 0 Å². The first-order chi connectivity index (χ1) is 12.7. The van der Waals surface area contributed by atoms with Gasteiger partial charge in [0.15, 0.2) is 5.82 Å². The molecule has 1 aliphatic rings. The van der Waals surface area contributed by atoms with Gasteiger partial charge >= 0.3 is 0 Å². The molecule has 6 heteroatoms. The number of nitrogens with one attached hydrogen (secondary N) is 1. The summed E-state index contributed by atoms with van der Waals surface area (Å²) in [6.45, 7) is 4.31. The fraction of sp³-hybridized carbons (Fsp3) is 0.350. The van der Waals surface area contributed by atoms with Gasteiger partial charge in [0.05, 0.1) is 18.1 Å². The van der Waals surface area contributed by atoms with E-state index in [1.54, 1.807) is 13.4 Å². The molecule has 0 bridgehead atoms. The molecule has 26 heavy (non-hydrogen) atoms. The zero-order chi connectivity index (χ0) is 17.9. The number of imidazole rings is 1. The summed E-state index contributed by atoms with van der Waals surface area (Å²) in [6.07, 6.45) is 6.57. The van der Waals surface area contributed by atoms with E-state index in [1.165, 1.54) is 16.8 Å². The van der Waals surface area contributed by atoms with Crippen LogP contribution in [0.25, 0.3) is 0 Å². The number of benzene rings is 1. The molecule has 0 aliphatic carbocycles. The third kappa shape index (κ3) is 3.38. The molecule has 0 fully saturated rings. The largest absolute Gasteiger partial charge is 0.377 e. The summed E-state index contributed by atoms with van der Waals surface area (Å²) in [6, 6.07) is 8.88. The van der Waals surface area contributed by atoms with Gasteiger partial charge in [0.2, 0.25) is 0 Å². The van der Waals surface area contributed by atoms with Crippen LogP contribution in [0.1, 0.15) is 39.9 Å². The van der Waals surface area contributed by atoms with E-state index in [0.29, 0.717) is 12.4 Å². The normalized spacial score (nSPS) is 17.2. The molecule has 134 valence electrons. The smallest absolute Gasteiger partial charge is 0.153 e. The van der Waals surface area contributed by atoms with Gasteiger partial charge in [-0.25, -0.2) is 15.0 Å². The number of aromatic nitrogens is 4. The molecule has 1 atom stereocenters. The number of hydrogen-bond donors (Lipinski definition) is 1. The lowest BCUT2D eigenvalue weighted by Crippen LogP contribution is -2.36. The van der Waals surface area contributed by atoms with Crippen molar-refractivity contribution in [2.75, 3.05) is 13.7 Å². The molecule has 0 amide bonds. The van der Waals surface area contributed by atoms with Crippen LogP contribution in [0.5, 0.6) is 0 Å². The Labute approximate surface area is 153 Å². The quantitative estimate of drug-likeness (QED) is 0.767. The molecule has 2 aromatic heterocycles. The fourth-order valence-corrected chi connectivity index (χ4v) is 3.51. The molecule has 0 radical (unpaired) electrons. The molecular weight excluding hydrogens is 326 g/mol. The van der Waals surface area contributed by atoms with Crippen molar-refractivity contribution >= 4 is 0 Å². The summed E-state index contributed by atoms with van der Waals surface area (Å²) in [4.78, 5) is 19.2. The lowest BCUT2D eigenvalue weighted by Gasteiger charge is -2.35. The van der Waals surface area contributed by atoms with Crippen molar-refractivity contribution < 1.29 is 4.74 Å². The maximum absolute atomic E-state index is 5.09. The molecule has 0 spiro atoms. The minimum absolute atomic E-state index is 0.143. The third-order valence-electron chi connectivity index (χ3n) is 4.84. The van der Waals surface area contributed by atoms with E-state index in [-0.39, 0.29) is 6.04 Å². The Morgan fingerprint density at radius 3 is 2.65 bits per heavy atom. The lowest BCUT2D eigenvalue weighted by molar-refractivity contribution is 0.177. The van der Waals surface area contributed by atoms with Crippen LogP contribution in [0.3, 0.4) is 0 Å². The van der Waals surface area contributed by atoms with E-state index in [0.717, 1.165) is 30.8 Å². The average Bonchev–Trinajstić information content (AvgIpc) is 3.13. The number of aromatic amines is 1. The van der Waals surface area contributed by atoms with Crippen molar-refractivity contribution in [1.29, 1.82) is 0 Å². The number of fused-ring (bicyclic) bond motifs is 1. The number of methoxy groups -OCH3 is 1. The maximum Gasteiger partial charge on any atom is 0.153 e. The van der Waals surface area contributed by atoms with Crippen molar-refractivity contribution in [2.45, 2.75) is 32.5 Å². The van der Waals surface area contributed by atoms with Crippen LogP contribution in [-0.2, 0) is 24.3 Å². The Kier molecular flexibility index (Phi) is 4.77. The van der Waals surface area contributed by atoms with E-state index >= 15 is 0 Å². The van der Waals surface area contributed by atoms with Crippen LogP contribution in [0.4, 0.5) is 0 Å². The molecule has 4 rings (SSSR count). The van der Waals surface area contributed by atoms with Gasteiger partial charge in [-0.15, -0.1) is 0 Å². The van der Waals surface area contributed by atoms with Gasteiger partial charge in [-0.05, 0) is 12.5 Å². The first-order valence-corrected chi connectivity index (χ1v) is 8.86. The molecule has 0 saturated carbocycles. The van der Waals surface area contributed by atoms with Crippen molar-refractivity contribution in [3.63, 3.8) is 0 Å². The van der Waals surface area contributed by atoms with Crippen molar-refractivity contribution in [2.24, 2.45) is 0 Å². The molecule has 1 aromatic carbocycles. The number of ether oxygens (including phenoxy) is 1. The summed E-state index contributed by atoms with van der Waals surface area (Å²) in [5, 5.41) is 0. The maximum atomic E-state index is 5.09. The van der Waals surface area contributed by atoms with Gasteiger partial charge in [0, 0.05) is 50.3 Å². The van der Waals surface area contributed by atoms with Crippen molar-refractivity contribution in [1.82, 2.24) is 24.8 Å². The molecule has 3 aromatic rings. The van der Waals surface area contributed by atoms with Gasteiger partial charge in [-0.2, -0.15) is 0 Å². The van der Waals surface area contributed by atoms with E-state index in [4.69, 9.17) is 4.74 Å². The van der Waals surface area contributed by atoms with Crippen LogP contribution < -0.4 is 0 Å². The minimum Gasteiger partial charge on any atom is -0.377 e. The monoisotopic (exact) mass is 349 g/mol. The summed E-state index contributed by atoms with van der Waals surface area (Å²) < 4.78 is 5.09. The van der Waals surface area contributed by atoms with Crippen LogP contribution >= 0.6 is 0 Å². The van der Waals surface area contributed by atoms with Crippen LogP contribution in [0.15, 0.2) is 43.0 Å². The van der Waals surface area contributed by atoms with E-state index in [2.05, 4.69) is 56.0 Å². The molecule has 3 heterocycles. The highest BCUT2D eigenvalue weighted by atomic mass is 16.5. The zero-order valence-corrected chi connectivity index (χ0v) is 15.1. The SMILES string of the molecule is COCc1ncc(CN2CCc3[nH]cnc3[C@@H]2c2ccc(C)cc2)cn1. The number of nitrogens with zero attached hydrogens (tertiary/aromatic N) is 4. The van der Waals surface area contributed by atoms with Gasteiger partial charge in [0.25, 0.3) is 0 Å². The standard InChI is InChI=1S/C20H23N5O/c1-14-3-5-16(6-4-14)20-19-17(23-13-24-19)7-8-25(20)11-15-9-21-18(12-26-2)22-10-15/h3-6,9-10,13,20H,7-8,11-12H2,1-2H3,(H,23,24)/t20-/m0/s1. The Morgan fingerprint density at radius 1 is 1.15 bits per heavy atom. The second-order valence-electron chi connectivity index (χ2n) is 6.74. The predicted octanol–water partition coefficient (Wildman–Crippen LogP) is 2.80. The molecule has 0 unspecified atom stereocenters. The summed E-state index contributed by atoms with van der Waals surface area (Å²) in [7, 11) is 1.65. The molecule has 1 aliphatic heterocycles. The van der Waals surface area contributed by atoms with Crippen molar-refractivity contribution in [3.05, 3.63) is 76.9 Å². The number of hydrogen-bond acceptors (Lipinski definition) is 5. The van der Waals surface area contributed by atoms with Crippen molar-refractivity contribution in [3.8, 4) is 0 Å². The van der Waals surface area contributed by atoms with Gasteiger partial charge in [-0.3, -0.25) is 4.90 Å². The second-order valence-corrected chi connectivity index (χ2v) is 6.74. The molecule has 0 saturated heterocycles. The predicted molar refractivity (Wildman–Crippen MR) is 98.5 cm³/mol. The van der Waals surface area contributed by atoms with E-state index in [1.807, 2.05) is 12.4 Å². The topological polar surface area (TPSA) is 66.9 Å². The Bertz CT molecular complexity index is 857. The first kappa shape index (κ1) is 16.9. The minimum atomic E-state index is 0.143. The van der Waals surface area contributed by atoms with Gasteiger partial charge < -0.3 is 9.72 Å². The highest BCUT2D eigenvalue weighted by Crippen LogP contribution is 2.34. The third-order valence-corrected chi connectivity index (χ3v) is 4.84. The van der Waals surface area contributed by atoms with Gasteiger partial charge in [0.1, 0.15) is 6.61 Å². The van der Waals surface area contributed by atoms with Crippen LogP contribution in [0, 0.1) is 6.92 Å². The molecule has 6 nitrogen and oxygen atoms in total. The lowest BCUT2D eigenvalue weighted by atomic mass is 9.94. The Hall–Kier alpha value is -2.57. The number of rotatable bonds is 5. The Morgan fingerprint density at radius 2 is 1.92 bits per heavy atom. The number of H-pyrrole nitrogens is 1. The molecule has 1 N–H and O–H groups in total. The first-order valence-electron chi connectivity index (χ1n) is 8.86. The Balaban J connectivity index is 1.62. The summed E-state index contributed by atoms with van der Waals surface area (Å²) >= 11 is 0. The zero-order valence-electron chi connectivity index (χ0n) is 15.1. The van der Waals surface area contributed by atoms with E-state index in [9.17, 15) is 0 Å². The van der Waals surface area contributed by atoms with Gasteiger partial charge in [-0.1, -0.05) is 29.8 Å². The van der Waals surface area contributed by atoms with Crippen LogP contribution in [0.2, 0.25) is 0 Å². The second kappa shape index (κ2) is 7.35. The highest BCUT2D eigenvalue weighted by molar-refractivity contribution is 5.34. The fourth-order valence-electron chi connectivity index (χ4n) is 3.51. The van der Waals surface area contributed by atoms with Crippen LogP contribution in [-0.4, -0.2) is 38.5 Å². The highest BCUT2D eigenvalue weighted by Gasteiger charge is 2.31.